The molecule has 2 aliphatic rings. The third-order valence-electron chi connectivity index (χ3n) is 5.34. The minimum atomic E-state index is -4.38. The molecule has 1 heterocycles. The number of halogens is 3. The normalized spacial score (nSPS) is 23.1. The lowest BCUT2D eigenvalue weighted by molar-refractivity contribution is -0.137. The van der Waals surface area contributed by atoms with Crippen LogP contribution in [-0.4, -0.2) is 54.4 Å². The average Bonchev–Trinajstić information content (AvgIpc) is 3.11. The summed E-state index contributed by atoms with van der Waals surface area (Å²) in [5.74, 6) is 0.670. The fourth-order valence-electron chi connectivity index (χ4n) is 3.80. The third kappa shape index (κ3) is 5.17. The first-order valence-electron chi connectivity index (χ1n) is 9.85. The minimum absolute atomic E-state index is 0.334. The van der Waals surface area contributed by atoms with Crippen LogP contribution in [0.4, 0.5) is 13.2 Å². The molecule has 1 aliphatic carbocycles. The molecule has 0 radical (unpaired) electrons. The number of ether oxygens (including phenoxy) is 1. The van der Waals surface area contributed by atoms with E-state index in [4.69, 9.17) is 4.74 Å². The second-order valence-corrected chi connectivity index (χ2v) is 7.53. The quantitative estimate of drug-likeness (QED) is 0.602. The van der Waals surface area contributed by atoms with Crippen molar-refractivity contribution in [2.75, 3.05) is 32.8 Å². The molecule has 28 heavy (non-hydrogen) atoms. The van der Waals surface area contributed by atoms with Crippen molar-refractivity contribution in [2.24, 2.45) is 4.99 Å². The average molecular weight is 399 g/mol. The molecule has 3 rings (SSSR count). The van der Waals surface area contributed by atoms with Gasteiger partial charge in [0.1, 0.15) is 6.10 Å². The molecule has 1 saturated heterocycles. The lowest BCUT2D eigenvalue weighted by Gasteiger charge is -2.36. The summed E-state index contributed by atoms with van der Waals surface area (Å²) >= 11 is 0. The molecular weight excluding hydrogens is 371 g/mol. The number of benzene rings is 1. The lowest BCUT2D eigenvalue weighted by Crippen LogP contribution is -2.48. The second-order valence-electron chi connectivity index (χ2n) is 7.53. The van der Waals surface area contributed by atoms with Gasteiger partial charge >= 0.3 is 6.18 Å². The van der Waals surface area contributed by atoms with Crippen LogP contribution in [0.5, 0.6) is 0 Å². The number of aliphatic hydroxyl groups is 1. The smallest absolute Gasteiger partial charge is 0.388 e. The molecule has 1 aromatic rings. The summed E-state index contributed by atoms with van der Waals surface area (Å²) < 4.78 is 44.8. The number of alkyl halides is 3. The summed E-state index contributed by atoms with van der Waals surface area (Å²) in [5.41, 5.74) is -0.910. The first-order valence-corrected chi connectivity index (χ1v) is 9.85. The van der Waals surface area contributed by atoms with Crippen LogP contribution in [0.25, 0.3) is 0 Å². The fourth-order valence-corrected chi connectivity index (χ4v) is 3.80. The van der Waals surface area contributed by atoms with Gasteiger partial charge in [0.05, 0.1) is 30.9 Å². The Kier molecular flexibility index (Phi) is 6.50. The van der Waals surface area contributed by atoms with Crippen molar-refractivity contribution < 1.29 is 23.0 Å². The summed E-state index contributed by atoms with van der Waals surface area (Å²) in [4.78, 5) is 6.62. The Balaban J connectivity index is 1.73. The summed E-state index contributed by atoms with van der Waals surface area (Å²) in [6.07, 6.45) is -1.31. The summed E-state index contributed by atoms with van der Waals surface area (Å²) in [6, 6.07) is 5.29. The molecule has 5 nitrogen and oxygen atoms in total. The zero-order chi connectivity index (χ0) is 20.2. The summed E-state index contributed by atoms with van der Waals surface area (Å²) in [5, 5.41) is 13.8. The van der Waals surface area contributed by atoms with Crippen molar-refractivity contribution in [3.63, 3.8) is 0 Å². The Bertz CT molecular complexity index is 688. The first kappa shape index (κ1) is 20.9. The van der Waals surface area contributed by atoms with Gasteiger partial charge in [-0.15, -0.1) is 0 Å². The standard InChI is InChI=1S/C20H28F3N3O2/c1-2-24-18(25-14-19(27)8-3-4-9-19)26-10-11-28-17(13-26)15-6-5-7-16(12-15)20(21,22)23/h5-7,12,17,27H,2-4,8-11,13-14H2,1H3,(H,24,25). The van der Waals surface area contributed by atoms with E-state index in [0.29, 0.717) is 44.3 Å². The number of hydrogen-bond acceptors (Lipinski definition) is 3. The highest BCUT2D eigenvalue weighted by Gasteiger charge is 2.33. The number of nitrogens with zero attached hydrogens (tertiary/aromatic N) is 2. The van der Waals surface area contributed by atoms with Crippen LogP contribution in [0, 0.1) is 0 Å². The first-order chi connectivity index (χ1) is 13.3. The Morgan fingerprint density at radius 3 is 2.79 bits per heavy atom. The van der Waals surface area contributed by atoms with E-state index < -0.39 is 23.4 Å². The Hall–Kier alpha value is -1.80. The van der Waals surface area contributed by atoms with Gasteiger partial charge in [0, 0.05) is 13.1 Å². The minimum Gasteiger partial charge on any atom is -0.388 e. The van der Waals surface area contributed by atoms with E-state index in [0.717, 1.165) is 37.8 Å². The maximum atomic E-state index is 13.0. The highest BCUT2D eigenvalue weighted by molar-refractivity contribution is 5.80. The highest BCUT2D eigenvalue weighted by Crippen LogP contribution is 2.32. The number of aliphatic imine (C=N–C) groups is 1. The third-order valence-corrected chi connectivity index (χ3v) is 5.34. The molecule has 0 amide bonds. The maximum Gasteiger partial charge on any atom is 0.416 e. The van der Waals surface area contributed by atoms with E-state index in [9.17, 15) is 18.3 Å². The Morgan fingerprint density at radius 1 is 1.36 bits per heavy atom. The molecule has 1 aromatic carbocycles. The topological polar surface area (TPSA) is 57.1 Å². The molecule has 1 atom stereocenters. The van der Waals surface area contributed by atoms with E-state index in [1.165, 1.54) is 6.07 Å². The van der Waals surface area contributed by atoms with E-state index in [2.05, 4.69) is 10.3 Å². The SMILES string of the molecule is CCNC(=NCC1(O)CCCC1)N1CCOC(c2cccc(C(F)(F)F)c2)C1. The number of hydrogen-bond donors (Lipinski definition) is 2. The van der Waals surface area contributed by atoms with E-state index in [-0.39, 0.29) is 0 Å². The van der Waals surface area contributed by atoms with Gasteiger partial charge in [0.25, 0.3) is 0 Å². The summed E-state index contributed by atoms with van der Waals surface area (Å²) in [6.45, 7) is 4.37. The molecule has 0 aromatic heterocycles. The number of nitrogens with one attached hydrogen (secondary N) is 1. The second kappa shape index (κ2) is 8.69. The molecule has 1 unspecified atom stereocenters. The van der Waals surface area contributed by atoms with E-state index in [1.807, 2.05) is 11.8 Å². The van der Waals surface area contributed by atoms with E-state index >= 15 is 0 Å². The van der Waals surface area contributed by atoms with Gasteiger partial charge in [-0.3, -0.25) is 4.99 Å². The van der Waals surface area contributed by atoms with Gasteiger partial charge in [0.2, 0.25) is 0 Å². The van der Waals surface area contributed by atoms with Gasteiger partial charge in [-0.25, -0.2) is 0 Å². The van der Waals surface area contributed by atoms with Crippen molar-refractivity contribution in [1.29, 1.82) is 0 Å². The van der Waals surface area contributed by atoms with Crippen molar-refractivity contribution in [2.45, 2.75) is 50.5 Å². The molecule has 2 N–H and O–H groups in total. The zero-order valence-electron chi connectivity index (χ0n) is 16.1. The number of rotatable bonds is 4. The fraction of sp³-hybridized carbons (Fsp3) is 0.650. The van der Waals surface area contributed by atoms with Crippen LogP contribution in [0.1, 0.15) is 49.8 Å². The van der Waals surface area contributed by atoms with Crippen molar-refractivity contribution in [3.8, 4) is 0 Å². The molecular formula is C20H28F3N3O2. The zero-order valence-corrected chi connectivity index (χ0v) is 16.1. The van der Waals surface area contributed by atoms with Crippen molar-refractivity contribution in [3.05, 3.63) is 35.4 Å². The molecule has 8 heteroatoms. The van der Waals surface area contributed by atoms with Gasteiger partial charge in [-0.05, 0) is 37.5 Å². The van der Waals surface area contributed by atoms with Crippen LogP contribution in [0.15, 0.2) is 29.3 Å². The molecule has 1 aliphatic heterocycles. The predicted molar refractivity (Wildman–Crippen MR) is 101 cm³/mol. The molecule has 156 valence electrons. The molecule has 2 fully saturated rings. The van der Waals surface area contributed by atoms with Gasteiger partial charge < -0.3 is 20.1 Å². The Labute approximate surface area is 163 Å². The number of morpholine rings is 1. The lowest BCUT2D eigenvalue weighted by atomic mass is 10.0. The van der Waals surface area contributed by atoms with Gasteiger partial charge in [-0.2, -0.15) is 13.2 Å². The van der Waals surface area contributed by atoms with Crippen LogP contribution >= 0.6 is 0 Å². The highest BCUT2D eigenvalue weighted by atomic mass is 19.4. The van der Waals surface area contributed by atoms with Gasteiger partial charge in [0.15, 0.2) is 5.96 Å². The summed E-state index contributed by atoms with van der Waals surface area (Å²) in [7, 11) is 0. The van der Waals surface area contributed by atoms with Crippen LogP contribution in [0.3, 0.4) is 0 Å². The molecule has 1 saturated carbocycles. The maximum absolute atomic E-state index is 13.0. The predicted octanol–water partition coefficient (Wildman–Crippen LogP) is 3.35. The number of guanidine groups is 1. The monoisotopic (exact) mass is 399 g/mol. The van der Waals surface area contributed by atoms with E-state index in [1.54, 1.807) is 6.07 Å². The molecule has 0 bridgehead atoms. The van der Waals surface area contributed by atoms with Crippen LogP contribution < -0.4 is 5.32 Å². The van der Waals surface area contributed by atoms with Crippen LogP contribution in [-0.2, 0) is 10.9 Å². The Morgan fingerprint density at radius 2 is 2.11 bits per heavy atom. The van der Waals surface area contributed by atoms with Gasteiger partial charge in [-0.1, -0.05) is 25.0 Å². The van der Waals surface area contributed by atoms with Crippen molar-refractivity contribution in [1.82, 2.24) is 10.2 Å². The molecule has 0 spiro atoms. The van der Waals surface area contributed by atoms with Crippen LogP contribution in [0.2, 0.25) is 0 Å². The largest absolute Gasteiger partial charge is 0.416 e. The van der Waals surface area contributed by atoms with Crippen molar-refractivity contribution >= 4 is 5.96 Å².